The highest BCUT2D eigenvalue weighted by Gasteiger charge is 2.41. The van der Waals surface area contributed by atoms with Crippen LogP contribution in [0, 0.1) is 5.92 Å². The van der Waals surface area contributed by atoms with Crippen LogP contribution in [0.4, 0.5) is 24.5 Å². The lowest BCUT2D eigenvalue weighted by Gasteiger charge is -2.34. The summed E-state index contributed by atoms with van der Waals surface area (Å²) >= 11 is 0. The van der Waals surface area contributed by atoms with Crippen LogP contribution in [0.3, 0.4) is 0 Å². The van der Waals surface area contributed by atoms with Crippen molar-refractivity contribution in [3.05, 3.63) is 59.1 Å². The Hall–Kier alpha value is -2.90. The maximum absolute atomic E-state index is 12.8. The summed E-state index contributed by atoms with van der Waals surface area (Å²) in [7, 11) is 0. The molecule has 2 heterocycles. The Morgan fingerprint density at radius 1 is 1.00 bits per heavy atom. The first-order chi connectivity index (χ1) is 12.9. The molecule has 0 bridgehead atoms. The topological polar surface area (TPSA) is 50.4 Å². The molecule has 0 amide bonds. The molecule has 2 aromatic carbocycles. The lowest BCUT2D eigenvalue weighted by Crippen LogP contribution is -2.38. The number of piperidine rings is 1. The van der Waals surface area contributed by atoms with Crippen molar-refractivity contribution in [2.75, 3.05) is 23.4 Å². The minimum Gasteiger partial charge on any atom is -0.406 e. The summed E-state index contributed by atoms with van der Waals surface area (Å²) in [6.45, 7) is 0.756. The summed E-state index contributed by atoms with van der Waals surface area (Å²) in [6.07, 6.45) is -3.89. The van der Waals surface area contributed by atoms with Crippen molar-refractivity contribution in [3.8, 4) is 0 Å². The van der Waals surface area contributed by atoms with Gasteiger partial charge in [0.1, 0.15) is 5.52 Å². The fourth-order valence-electron chi connectivity index (χ4n) is 3.41. The number of rotatable bonds is 3. The second-order valence-electron chi connectivity index (χ2n) is 6.63. The highest BCUT2D eigenvalue weighted by atomic mass is 19.4. The number of benzene rings is 2. The maximum atomic E-state index is 12.8. The Kier molecular flexibility index (Phi) is 4.33. The normalized spacial score (nSPS) is 16.0. The van der Waals surface area contributed by atoms with E-state index in [9.17, 15) is 18.0 Å². The molecule has 1 fully saturated rings. The Morgan fingerprint density at radius 2 is 1.67 bits per heavy atom. The number of nitrogens with one attached hydrogen (secondary N) is 1. The predicted octanol–water partition coefficient (Wildman–Crippen LogP) is 4.25. The number of para-hydroxylation sites is 2. The van der Waals surface area contributed by atoms with Gasteiger partial charge in [-0.15, -0.1) is 0 Å². The molecule has 0 spiro atoms. The van der Waals surface area contributed by atoms with E-state index in [-0.39, 0.29) is 12.8 Å². The Labute approximate surface area is 153 Å². The van der Waals surface area contributed by atoms with Crippen LogP contribution in [0.2, 0.25) is 0 Å². The summed E-state index contributed by atoms with van der Waals surface area (Å²) in [5.41, 5.74) is 5.65. The van der Waals surface area contributed by atoms with Crippen molar-refractivity contribution in [1.29, 1.82) is 0 Å². The third-order valence-electron chi connectivity index (χ3n) is 4.92. The molecule has 0 saturated carbocycles. The van der Waals surface area contributed by atoms with Crippen LogP contribution in [0.15, 0.2) is 57.7 Å². The van der Waals surface area contributed by atoms with E-state index in [2.05, 4.69) is 5.43 Å². The van der Waals surface area contributed by atoms with Crippen LogP contribution in [0.25, 0.3) is 11.1 Å². The Morgan fingerprint density at radius 3 is 2.33 bits per heavy atom. The first kappa shape index (κ1) is 17.5. The van der Waals surface area contributed by atoms with E-state index in [0.29, 0.717) is 29.9 Å². The number of hydrogen-bond acceptors (Lipinski definition) is 4. The van der Waals surface area contributed by atoms with Crippen LogP contribution in [0.5, 0.6) is 0 Å². The zero-order valence-electron chi connectivity index (χ0n) is 14.4. The number of anilines is 2. The number of oxazole rings is 1. The summed E-state index contributed by atoms with van der Waals surface area (Å²) in [6, 6.07) is 14.3. The van der Waals surface area contributed by atoms with Gasteiger partial charge in [-0.05, 0) is 49.2 Å². The van der Waals surface area contributed by atoms with Gasteiger partial charge in [0.2, 0.25) is 0 Å². The first-order valence-electron chi connectivity index (χ1n) is 8.71. The quantitative estimate of drug-likeness (QED) is 0.742. The van der Waals surface area contributed by atoms with Crippen molar-refractivity contribution < 1.29 is 17.6 Å². The molecule has 3 aromatic rings. The zero-order chi connectivity index (χ0) is 19.0. The monoisotopic (exact) mass is 377 g/mol. The van der Waals surface area contributed by atoms with E-state index < -0.39 is 17.9 Å². The lowest BCUT2D eigenvalue weighted by atomic mass is 9.96. The van der Waals surface area contributed by atoms with Crippen molar-refractivity contribution >= 4 is 22.5 Å². The molecular weight excluding hydrogens is 359 g/mol. The summed E-state index contributed by atoms with van der Waals surface area (Å²) < 4.78 is 44.8. The number of hydrogen-bond donors (Lipinski definition) is 1. The van der Waals surface area contributed by atoms with E-state index in [1.807, 2.05) is 23.1 Å². The van der Waals surface area contributed by atoms with Gasteiger partial charge in [0.25, 0.3) is 0 Å². The molecule has 1 aliphatic heterocycles. The highest BCUT2D eigenvalue weighted by molar-refractivity contribution is 5.73. The second-order valence-corrected chi connectivity index (χ2v) is 6.63. The van der Waals surface area contributed by atoms with Gasteiger partial charge in [-0.25, -0.2) is 4.79 Å². The minimum atomic E-state index is -4.11. The van der Waals surface area contributed by atoms with Gasteiger partial charge in [0.15, 0.2) is 5.58 Å². The van der Waals surface area contributed by atoms with Crippen molar-refractivity contribution in [2.45, 2.75) is 19.0 Å². The van der Waals surface area contributed by atoms with Gasteiger partial charge in [-0.3, -0.25) is 5.43 Å². The van der Waals surface area contributed by atoms with E-state index in [4.69, 9.17) is 4.42 Å². The molecular formula is C19H18F3N3O2. The number of aromatic nitrogens is 1. The van der Waals surface area contributed by atoms with Crippen LogP contribution in [0.1, 0.15) is 12.8 Å². The van der Waals surface area contributed by atoms with Gasteiger partial charge < -0.3 is 9.32 Å². The molecule has 0 radical (unpaired) electrons. The number of fused-ring (bicyclic) bond motifs is 1. The van der Waals surface area contributed by atoms with E-state index in [1.54, 1.807) is 30.3 Å². The summed E-state index contributed by atoms with van der Waals surface area (Å²) in [5, 5.41) is 0. The summed E-state index contributed by atoms with van der Waals surface area (Å²) in [4.78, 5) is 14.0. The molecule has 5 nitrogen and oxygen atoms in total. The number of halogens is 3. The highest BCUT2D eigenvalue weighted by Crippen LogP contribution is 2.35. The van der Waals surface area contributed by atoms with E-state index in [0.717, 1.165) is 5.69 Å². The number of alkyl halides is 3. The van der Waals surface area contributed by atoms with Crippen LogP contribution in [-0.2, 0) is 0 Å². The van der Waals surface area contributed by atoms with E-state index in [1.165, 1.54) is 4.68 Å². The molecule has 1 saturated heterocycles. The third-order valence-corrected chi connectivity index (χ3v) is 4.92. The first-order valence-corrected chi connectivity index (χ1v) is 8.71. The Balaban J connectivity index is 1.47. The zero-order valence-corrected chi connectivity index (χ0v) is 14.4. The minimum absolute atomic E-state index is 0.111. The van der Waals surface area contributed by atoms with Gasteiger partial charge in [0.05, 0.1) is 11.6 Å². The summed E-state index contributed by atoms with van der Waals surface area (Å²) in [5.74, 6) is -1.73. The van der Waals surface area contributed by atoms with Gasteiger partial charge >= 0.3 is 11.9 Å². The fraction of sp³-hybridized carbons (Fsp3) is 0.316. The third kappa shape index (κ3) is 3.51. The largest absolute Gasteiger partial charge is 0.439 e. The molecule has 4 rings (SSSR count). The molecule has 142 valence electrons. The fourth-order valence-corrected chi connectivity index (χ4v) is 3.41. The standard InChI is InChI=1S/C19H18F3N3O2/c20-19(21,22)13-9-11-24(12-10-13)15-7-5-14(6-8-15)23-25-16-3-1-2-4-17(16)27-18(25)26/h1-8,13,23H,9-12H2. The molecule has 0 unspecified atom stereocenters. The maximum Gasteiger partial charge on any atom is 0.439 e. The average Bonchev–Trinajstić information content (AvgIpc) is 2.97. The molecule has 0 aliphatic carbocycles. The van der Waals surface area contributed by atoms with Crippen LogP contribution >= 0.6 is 0 Å². The van der Waals surface area contributed by atoms with Crippen LogP contribution < -0.4 is 16.1 Å². The van der Waals surface area contributed by atoms with Gasteiger partial charge in [-0.1, -0.05) is 12.1 Å². The number of nitrogens with zero attached hydrogens (tertiary/aromatic N) is 2. The van der Waals surface area contributed by atoms with Crippen molar-refractivity contribution in [3.63, 3.8) is 0 Å². The van der Waals surface area contributed by atoms with Crippen molar-refractivity contribution in [1.82, 2.24) is 4.68 Å². The molecule has 1 N–H and O–H groups in total. The average molecular weight is 377 g/mol. The molecule has 1 aromatic heterocycles. The Bertz CT molecular complexity index is 984. The van der Waals surface area contributed by atoms with E-state index >= 15 is 0 Å². The SMILES string of the molecule is O=c1oc2ccccc2n1Nc1ccc(N2CCC(C(F)(F)F)CC2)cc1. The second kappa shape index (κ2) is 6.68. The molecule has 1 aliphatic rings. The smallest absolute Gasteiger partial charge is 0.406 e. The lowest BCUT2D eigenvalue weighted by molar-refractivity contribution is -0.179. The molecule has 8 heteroatoms. The van der Waals surface area contributed by atoms with Crippen LogP contribution in [-0.4, -0.2) is 23.9 Å². The van der Waals surface area contributed by atoms with Crippen molar-refractivity contribution in [2.24, 2.45) is 5.92 Å². The van der Waals surface area contributed by atoms with Gasteiger partial charge in [0, 0.05) is 18.8 Å². The predicted molar refractivity (Wildman–Crippen MR) is 96.9 cm³/mol. The molecule has 0 atom stereocenters. The molecule has 27 heavy (non-hydrogen) atoms. The van der Waals surface area contributed by atoms with Gasteiger partial charge in [-0.2, -0.15) is 17.8 Å².